The average Bonchev–Trinajstić information content (AvgIpc) is 2.39. The molecule has 0 spiro atoms. The van der Waals surface area contributed by atoms with Crippen molar-refractivity contribution >= 4 is 5.69 Å². The SMILES string of the molecule is Cc1cccc(CN2CCCc3ccccc32)c1. The Morgan fingerprint density at radius 2 is 1.94 bits per heavy atom. The van der Waals surface area contributed by atoms with Crippen LogP contribution in [0.15, 0.2) is 48.5 Å². The molecule has 0 bridgehead atoms. The number of rotatable bonds is 2. The van der Waals surface area contributed by atoms with Gasteiger partial charge in [0.2, 0.25) is 0 Å². The fraction of sp³-hybridized carbons (Fsp3) is 0.294. The third-order valence-corrected chi connectivity index (χ3v) is 3.66. The summed E-state index contributed by atoms with van der Waals surface area (Å²) >= 11 is 0. The Labute approximate surface area is 109 Å². The van der Waals surface area contributed by atoms with Crippen LogP contribution in [0.2, 0.25) is 0 Å². The molecule has 0 fully saturated rings. The fourth-order valence-electron chi connectivity index (χ4n) is 2.81. The molecule has 1 heteroatoms. The van der Waals surface area contributed by atoms with E-state index in [1.807, 2.05) is 0 Å². The van der Waals surface area contributed by atoms with Crippen LogP contribution < -0.4 is 4.90 Å². The van der Waals surface area contributed by atoms with Crippen molar-refractivity contribution in [1.82, 2.24) is 0 Å². The molecule has 2 aromatic rings. The largest absolute Gasteiger partial charge is 0.367 e. The van der Waals surface area contributed by atoms with E-state index in [0.717, 1.165) is 6.54 Å². The summed E-state index contributed by atoms with van der Waals surface area (Å²) < 4.78 is 0. The molecule has 0 radical (unpaired) electrons. The predicted octanol–water partition coefficient (Wildman–Crippen LogP) is 3.95. The number of anilines is 1. The molecule has 1 nitrogen and oxygen atoms in total. The minimum absolute atomic E-state index is 1.03. The summed E-state index contributed by atoms with van der Waals surface area (Å²) in [6.07, 6.45) is 2.49. The van der Waals surface area contributed by atoms with Crippen LogP contribution in [0.25, 0.3) is 0 Å². The van der Waals surface area contributed by atoms with Crippen molar-refractivity contribution in [3.63, 3.8) is 0 Å². The molecular weight excluding hydrogens is 218 g/mol. The molecule has 0 atom stereocenters. The molecule has 0 saturated heterocycles. The lowest BCUT2D eigenvalue weighted by Gasteiger charge is -2.31. The minimum Gasteiger partial charge on any atom is -0.367 e. The van der Waals surface area contributed by atoms with Gasteiger partial charge in [0.1, 0.15) is 0 Å². The Hall–Kier alpha value is -1.76. The fourth-order valence-corrected chi connectivity index (χ4v) is 2.81. The summed E-state index contributed by atoms with van der Waals surface area (Å²) in [5.74, 6) is 0. The minimum atomic E-state index is 1.03. The Kier molecular flexibility index (Phi) is 3.06. The number of benzene rings is 2. The lowest BCUT2D eigenvalue weighted by molar-refractivity contribution is 0.691. The Morgan fingerprint density at radius 1 is 1.06 bits per heavy atom. The van der Waals surface area contributed by atoms with Gasteiger partial charge in [-0.2, -0.15) is 0 Å². The van der Waals surface area contributed by atoms with E-state index < -0.39 is 0 Å². The molecule has 0 saturated carbocycles. The lowest BCUT2D eigenvalue weighted by atomic mass is 10.0. The van der Waals surface area contributed by atoms with Gasteiger partial charge in [0.15, 0.2) is 0 Å². The van der Waals surface area contributed by atoms with Gasteiger partial charge in [-0.25, -0.2) is 0 Å². The smallest absolute Gasteiger partial charge is 0.0429 e. The van der Waals surface area contributed by atoms with Crippen molar-refractivity contribution in [2.24, 2.45) is 0 Å². The van der Waals surface area contributed by atoms with Crippen molar-refractivity contribution in [2.45, 2.75) is 26.3 Å². The number of hydrogen-bond acceptors (Lipinski definition) is 1. The first kappa shape index (κ1) is 11.3. The highest BCUT2D eigenvalue weighted by Crippen LogP contribution is 2.28. The summed E-state index contributed by atoms with van der Waals surface area (Å²) in [6.45, 7) is 4.36. The highest BCUT2D eigenvalue weighted by molar-refractivity contribution is 5.55. The molecule has 1 aliphatic heterocycles. The van der Waals surface area contributed by atoms with Crippen LogP contribution in [0, 0.1) is 6.92 Å². The second-order valence-corrected chi connectivity index (χ2v) is 5.14. The third-order valence-electron chi connectivity index (χ3n) is 3.66. The molecule has 92 valence electrons. The van der Waals surface area contributed by atoms with E-state index in [2.05, 4.69) is 60.4 Å². The third kappa shape index (κ3) is 2.26. The maximum atomic E-state index is 2.51. The van der Waals surface area contributed by atoms with Crippen molar-refractivity contribution in [1.29, 1.82) is 0 Å². The van der Waals surface area contributed by atoms with Crippen LogP contribution in [0.1, 0.15) is 23.1 Å². The van der Waals surface area contributed by atoms with Crippen molar-refractivity contribution < 1.29 is 0 Å². The van der Waals surface area contributed by atoms with E-state index in [9.17, 15) is 0 Å². The van der Waals surface area contributed by atoms with Gasteiger partial charge in [-0.3, -0.25) is 0 Å². The summed E-state index contributed by atoms with van der Waals surface area (Å²) in [5.41, 5.74) is 5.67. The Balaban J connectivity index is 1.86. The zero-order valence-corrected chi connectivity index (χ0v) is 10.9. The standard InChI is InChI=1S/C17H19N/c1-14-6-4-7-15(12-14)13-18-11-5-9-16-8-2-3-10-17(16)18/h2-4,6-8,10,12H,5,9,11,13H2,1H3. The first-order chi connectivity index (χ1) is 8.83. The number of fused-ring (bicyclic) bond motifs is 1. The van der Waals surface area contributed by atoms with Crippen molar-refractivity contribution in [3.05, 3.63) is 65.2 Å². The maximum absolute atomic E-state index is 2.51. The summed E-state index contributed by atoms with van der Waals surface area (Å²) in [7, 11) is 0. The molecule has 0 amide bonds. The summed E-state index contributed by atoms with van der Waals surface area (Å²) in [5, 5.41) is 0. The second-order valence-electron chi connectivity index (χ2n) is 5.14. The molecule has 2 aromatic carbocycles. The van der Waals surface area contributed by atoms with Gasteiger partial charge in [-0.1, -0.05) is 48.0 Å². The van der Waals surface area contributed by atoms with Crippen molar-refractivity contribution in [3.8, 4) is 0 Å². The van der Waals surface area contributed by atoms with Crippen molar-refractivity contribution in [2.75, 3.05) is 11.4 Å². The van der Waals surface area contributed by atoms with Crippen LogP contribution in [0.3, 0.4) is 0 Å². The number of para-hydroxylation sites is 1. The quantitative estimate of drug-likeness (QED) is 0.764. The Morgan fingerprint density at radius 3 is 2.83 bits per heavy atom. The van der Waals surface area contributed by atoms with Gasteiger partial charge in [0, 0.05) is 18.8 Å². The molecule has 0 aliphatic carbocycles. The highest BCUT2D eigenvalue weighted by atomic mass is 15.1. The average molecular weight is 237 g/mol. The van der Waals surface area contributed by atoms with E-state index in [4.69, 9.17) is 0 Å². The highest BCUT2D eigenvalue weighted by Gasteiger charge is 2.15. The van der Waals surface area contributed by atoms with Gasteiger partial charge in [-0.05, 0) is 37.0 Å². The number of nitrogens with zero attached hydrogens (tertiary/aromatic N) is 1. The number of aryl methyl sites for hydroxylation is 2. The van der Waals surface area contributed by atoms with Gasteiger partial charge < -0.3 is 4.90 Å². The van der Waals surface area contributed by atoms with E-state index >= 15 is 0 Å². The molecule has 18 heavy (non-hydrogen) atoms. The van der Waals surface area contributed by atoms with Crippen LogP contribution in [-0.4, -0.2) is 6.54 Å². The second kappa shape index (κ2) is 4.85. The normalized spacial score (nSPS) is 14.4. The lowest BCUT2D eigenvalue weighted by Crippen LogP contribution is -2.28. The van der Waals surface area contributed by atoms with Gasteiger partial charge in [0.05, 0.1) is 0 Å². The Bertz CT molecular complexity index is 545. The molecule has 1 aliphatic rings. The maximum Gasteiger partial charge on any atom is 0.0429 e. The zero-order chi connectivity index (χ0) is 12.4. The molecule has 1 heterocycles. The van der Waals surface area contributed by atoms with E-state index in [0.29, 0.717) is 0 Å². The van der Waals surface area contributed by atoms with Gasteiger partial charge in [-0.15, -0.1) is 0 Å². The molecule has 0 N–H and O–H groups in total. The van der Waals surface area contributed by atoms with Crippen LogP contribution in [-0.2, 0) is 13.0 Å². The molecule has 3 rings (SSSR count). The summed E-state index contributed by atoms with van der Waals surface area (Å²) in [4.78, 5) is 2.51. The molecule has 0 unspecified atom stereocenters. The van der Waals surface area contributed by atoms with Crippen LogP contribution >= 0.6 is 0 Å². The number of hydrogen-bond donors (Lipinski definition) is 0. The topological polar surface area (TPSA) is 3.24 Å². The van der Waals surface area contributed by atoms with Crippen LogP contribution in [0.4, 0.5) is 5.69 Å². The van der Waals surface area contributed by atoms with Gasteiger partial charge in [0.25, 0.3) is 0 Å². The molecular formula is C17H19N. The van der Waals surface area contributed by atoms with Gasteiger partial charge >= 0.3 is 0 Å². The van der Waals surface area contributed by atoms with Crippen LogP contribution in [0.5, 0.6) is 0 Å². The van der Waals surface area contributed by atoms with E-state index in [1.165, 1.54) is 41.8 Å². The first-order valence-electron chi connectivity index (χ1n) is 6.71. The first-order valence-corrected chi connectivity index (χ1v) is 6.71. The monoisotopic (exact) mass is 237 g/mol. The predicted molar refractivity (Wildman–Crippen MR) is 77.0 cm³/mol. The summed E-state index contributed by atoms with van der Waals surface area (Å²) in [6, 6.07) is 17.6. The zero-order valence-electron chi connectivity index (χ0n) is 10.9. The van der Waals surface area contributed by atoms with E-state index in [1.54, 1.807) is 0 Å². The van der Waals surface area contributed by atoms with E-state index in [-0.39, 0.29) is 0 Å². The molecule has 0 aromatic heterocycles.